The van der Waals surface area contributed by atoms with Gasteiger partial charge in [-0.05, 0) is 37.4 Å². The van der Waals surface area contributed by atoms with E-state index in [-0.39, 0.29) is 6.79 Å². The minimum Gasteiger partial charge on any atom is -0.457 e. The largest absolute Gasteiger partial charge is 0.457 e. The first kappa shape index (κ1) is 13.1. The van der Waals surface area contributed by atoms with E-state index in [1.807, 2.05) is 43.4 Å². The van der Waals surface area contributed by atoms with E-state index in [0.29, 0.717) is 23.1 Å². The molecule has 1 N–H and O–H groups in total. The fourth-order valence-electron chi connectivity index (χ4n) is 2.04. The molecule has 2 aromatic carbocycles. The highest BCUT2D eigenvalue weighted by molar-refractivity contribution is 6.30. The molecule has 0 radical (unpaired) electrons. The predicted octanol–water partition coefficient (Wildman–Crippen LogP) is 3.58. The van der Waals surface area contributed by atoms with Gasteiger partial charge in [0.15, 0.2) is 11.5 Å². The van der Waals surface area contributed by atoms with E-state index in [0.717, 1.165) is 17.1 Å². The van der Waals surface area contributed by atoms with Crippen LogP contribution in [-0.2, 0) is 6.54 Å². The predicted molar refractivity (Wildman–Crippen MR) is 76.9 cm³/mol. The number of nitrogens with one attached hydrogen (secondary N) is 1. The Bertz CT molecular complexity index is 631. The van der Waals surface area contributed by atoms with Crippen molar-refractivity contribution in [3.63, 3.8) is 0 Å². The Morgan fingerprint density at radius 1 is 1.15 bits per heavy atom. The summed E-state index contributed by atoms with van der Waals surface area (Å²) in [4.78, 5) is 0. The average Bonchev–Trinajstić information content (AvgIpc) is 2.89. The smallest absolute Gasteiger partial charge is 0.231 e. The van der Waals surface area contributed by atoms with Crippen molar-refractivity contribution in [1.29, 1.82) is 0 Å². The van der Waals surface area contributed by atoms with Crippen molar-refractivity contribution in [2.75, 3.05) is 13.8 Å². The molecule has 2 aromatic rings. The molecule has 0 aromatic heterocycles. The standard InChI is InChI=1S/C15H14ClNO3/c1-17-8-10-6-11(16)2-4-13(10)20-12-3-5-14-15(7-12)19-9-18-14/h2-7,17H,8-9H2,1H3. The maximum Gasteiger partial charge on any atom is 0.231 e. The summed E-state index contributed by atoms with van der Waals surface area (Å²) in [7, 11) is 1.88. The second kappa shape index (κ2) is 5.61. The summed E-state index contributed by atoms with van der Waals surface area (Å²) in [5.74, 6) is 2.91. The molecule has 20 heavy (non-hydrogen) atoms. The summed E-state index contributed by atoms with van der Waals surface area (Å²) in [5.41, 5.74) is 0.998. The van der Waals surface area contributed by atoms with Gasteiger partial charge < -0.3 is 19.5 Å². The zero-order chi connectivity index (χ0) is 13.9. The van der Waals surface area contributed by atoms with Crippen LogP contribution in [0.2, 0.25) is 5.02 Å². The van der Waals surface area contributed by atoms with Gasteiger partial charge in [0.25, 0.3) is 0 Å². The fraction of sp³-hybridized carbons (Fsp3) is 0.200. The first-order valence-electron chi connectivity index (χ1n) is 6.27. The molecule has 1 aliphatic heterocycles. The monoisotopic (exact) mass is 291 g/mol. The number of halogens is 1. The molecule has 1 aliphatic rings. The second-order valence-electron chi connectivity index (χ2n) is 4.40. The maximum absolute atomic E-state index is 6.01. The maximum atomic E-state index is 6.01. The Labute approximate surface area is 122 Å². The SMILES string of the molecule is CNCc1cc(Cl)ccc1Oc1ccc2c(c1)OCO2. The van der Waals surface area contributed by atoms with Crippen LogP contribution in [0.5, 0.6) is 23.0 Å². The number of ether oxygens (including phenoxy) is 3. The van der Waals surface area contributed by atoms with Gasteiger partial charge in [0.1, 0.15) is 11.5 Å². The molecule has 0 saturated carbocycles. The number of fused-ring (bicyclic) bond motifs is 1. The molecule has 5 heteroatoms. The molecule has 3 rings (SSSR count). The van der Waals surface area contributed by atoms with Crippen LogP contribution in [0.4, 0.5) is 0 Å². The van der Waals surface area contributed by atoms with Crippen LogP contribution in [0.25, 0.3) is 0 Å². The quantitative estimate of drug-likeness (QED) is 0.934. The minimum atomic E-state index is 0.255. The van der Waals surface area contributed by atoms with E-state index in [9.17, 15) is 0 Å². The summed E-state index contributed by atoms with van der Waals surface area (Å²) in [6.07, 6.45) is 0. The molecule has 0 saturated heterocycles. The van der Waals surface area contributed by atoms with Crippen molar-refractivity contribution in [1.82, 2.24) is 5.32 Å². The molecule has 4 nitrogen and oxygen atoms in total. The van der Waals surface area contributed by atoms with Crippen molar-refractivity contribution in [3.05, 3.63) is 47.0 Å². The highest BCUT2D eigenvalue weighted by atomic mass is 35.5. The molecule has 0 amide bonds. The van der Waals surface area contributed by atoms with Crippen LogP contribution in [0.1, 0.15) is 5.56 Å². The van der Waals surface area contributed by atoms with Gasteiger partial charge in [0, 0.05) is 23.2 Å². The fourth-order valence-corrected chi connectivity index (χ4v) is 2.24. The summed E-state index contributed by atoms with van der Waals surface area (Å²) < 4.78 is 16.5. The molecular formula is C15H14ClNO3. The average molecular weight is 292 g/mol. The number of hydrogen-bond donors (Lipinski definition) is 1. The van der Waals surface area contributed by atoms with Gasteiger partial charge in [0.05, 0.1) is 0 Å². The van der Waals surface area contributed by atoms with Crippen LogP contribution < -0.4 is 19.5 Å². The topological polar surface area (TPSA) is 39.7 Å². The molecule has 0 unspecified atom stereocenters. The van der Waals surface area contributed by atoms with Gasteiger partial charge >= 0.3 is 0 Å². The summed E-state index contributed by atoms with van der Waals surface area (Å²) >= 11 is 6.01. The molecule has 104 valence electrons. The summed E-state index contributed by atoms with van der Waals surface area (Å²) in [6, 6.07) is 11.1. The van der Waals surface area contributed by atoms with Crippen molar-refractivity contribution in [3.8, 4) is 23.0 Å². The van der Waals surface area contributed by atoms with Crippen LogP contribution >= 0.6 is 11.6 Å². The van der Waals surface area contributed by atoms with Crippen LogP contribution in [0.15, 0.2) is 36.4 Å². The van der Waals surface area contributed by atoms with E-state index < -0.39 is 0 Å². The lowest BCUT2D eigenvalue weighted by Gasteiger charge is -2.11. The van der Waals surface area contributed by atoms with Gasteiger partial charge in [-0.25, -0.2) is 0 Å². The number of rotatable bonds is 4. The summed E-state index contributed by atoms with van der Waals surface area (Å²) in [5, 5.41) is 3.78. The first-order chi connectivity index (χ1) is 9.76. The van der Waals surface area contributed by atoms with Gasteiger partial charge in [0.2, 0.25) is 6.79 Å². The lowest BCUT2D eigenvalue weighted by Crippen LogP contribution is -2.06. The summed E-state index contributed by atoms with van der Waals surface area (Å²) in [6.45, 7) is 0.936. The van der Waals surface area contributed by atoms with E-state index in [1.54, 1.807) is 0 Å². The lowest BCUT2D eigenvalue weighted by atomic mass is 10.2. The molecular weight excluding hydrogens is 278 g/mol. The third-order valence-corrected chi connectivity index (χ3v) is 3.20. The van der Waals surface area contributed by atoms with Gasteiger partial charge in [-0.15, -0.1) is 0 Å². The highest BCUT2D eigenvalue weighted by Gasteiger charge is 2.14. The zero-order valence-electron chi connectivity index (χ0n) is 11.0. The van der Waals surface area contributed by atoms with E-state index in [1.165, 1.54) is 0 Å². The molecule has 0 fully saturated rings. The Balaban J connectivity index is 1.87. The first-order valence-corrected chi connectivity index (χ1v) is 6.64. The van der Waals surface area contributed by atoms with E-state index in [2.05, 4.69) is 5.32 Å². The third kappa shape index (κ3) is 2.66. The van der Waals surface area contributed by atoms with Crippen LogP contribution in [0.3, 0.4) is 0 Å². The Morgan fingerprint density at radius 2 is 2.00 bits per heavy atom. The van der Waals surface area contributed by atoms with Crippen LogP contribution in [0, 0.1) is 0 Å². The molecule has 0 aliphatic carbocycles. The molecule has 0 spiro atoms. The van der Waals surface area contributed by atoms with E-state index >= 15 is 0 Å². The molecule has 0 bridgehead atoms. The normalized spacial score (nSPS) is 12.5. The Hall–Kier alpha value is -1.91. The Morgan fingerprint density at radius 3 is 2.85 bits per heavy atom. The van der Waals surface area contributed by atoms with Crippen molar-refractivity contribution in [2.45, 2.75) is 6.54 Å². The van der Waals surface area contributed by atoms with Crippen molar-refractivity contribution >= 4 is 11.6 Å². The lowest BCUT2D eigenvalue weighted by molar-refractivity contribution is 0.174. The van der Waals surface area contributed by atoms with Gasteiger partial charge in [-0.3, -0.25) is 0 Å². The molecule has 1 heterocycles. The van der Waals surface area contributed by atoms with Crippen molar-refractivity contribution in [2.24, 2.45) is 0 Å². The number of hydrogen-bond acceptors (Lipinski definition) is 4. The third-order valence-electron chi connectivity index (χ3n) is 2.96. The Kier molecular flexibility index (Phi) is 3.67. The zero-order valence-corrected chi connectivity index (χ0v) is 11.7. The van der Waals surface area contributed by atoms with Crippen molar-refractivity contribution < 1.29 is 14.2 Å². The number of benzene rings is 2. The second-order valence-corrected chi connectivity index (χ2v) is 4.84. The molecule has 0 atom stereocenters. The van der Waals surface area contributed by atoms with Crippen LogP contribution in [-0.4, -0.2) is 13.8 Å². The van der Waals surface area contributed by atoms with E-state index in [4.69, 9.17) is 25.8 Å². The van der Waals surface area contributed by atoms with Gasteiger partial charge in [-0.1, -0.05) is 11.6 Å². The highest BCUT2D eigenvalue weighted by Crippen LogP contribution is 2.37. The van der Waals surface area contributed by atoms with Gasteiger partial charge in [-0.2, -0.15) is 0 Å². The minimum absolute atomic E-state index is 0.255.